The summed E-state index contributed by atoms with van der Waals surface area (Å²) in [5.74, 6) is 1.62. The van der Waals surface area contributed by atoms with Crippen LogP contribution in [0.4, 0.5) is 17.3 Å². The number of aryl methyl sites for hydroxylation is 1. The van der Waals surface area contributed by atoms with E-state index in [0.29, 0.717) is 6.54 Å². The lowest BCUT2D eigenvalue weighted by Crippen LogP contribution is -2.55. The van der Waals surface area contributed by atoms with Gasteiger partial charge in [0.2, 0.25) is 0 Å². The number of anilines is 3. The molecule has 0 radical (unpaired) electrons. The predicted molar refractivity (Wildman–Crippen MR) is 124 cm³/mol. The van der Waals surface area contributed by atoms with Crippen LogP contribution < -0.4 is 10.2 Å². The molecule has 2 aliphatic rings. The van der Waals surface area contributed by atoms with Gasteiger partial charge in [0.25, 0.3) is 0 Å². The van der Waals surface area contributed by atoms with Crippen molar-refractivity contribution in [1.29, 1.82) is 0 Å². The molecule has 6 heteroatoms. The Labute approximate surface area is 183 Å². The van der Waals surface area contributed by atoms with Crippen molar-refractivity contribution in [2.45, 2.75) is 38.5 Å². The van der Waals surface area contributed by atoms with Crippen LogP contribution >= 0.6 is 0 Å². The lowest BCUT2D eigenvalue weighted by Gasteiger charge is -2.43. The Bertz CT molecular complexity index is 1040. The quantitative estimate of drug-likeness (QED) is 0.680. The molecule has 31 heavy (non-hydrogen) atoms. The zero-order chi connectivity index (χ0) is 21.2. The number of hydrogen-bond acceptors (Lipinski definition) is 6. The first-order valence-corrected chi connectivity index (χ1v) is 11.1. The van der Waals surface area contributed by atoms with Gasteiger partial charge in [-0.2, -0.15) is 0 Å². The lowest BCUT2D eigenvalue weighted by molar-refractivity contribution is 0.0293. The van der Waals surface area contributed by atoms with Crippen LogP contribution in [0.1, 0.15) is 23.1 Å². The fourth-order valence-electron chi connectivity index (χ4n) is 4.73. The van der Waals surface area contributed by atoms with E-state index in [9.17, 15) is 5.11 Å². The number of aliphatic hydroxyl groups excluding tert-OH is 1. The number of aliphatic hydroxyl groups is 1. The van der Waals surface area contributed by atoms with Gasteiger partial charge in [-0.1, -0.05) is 42.0 Å². The van der Waals surface area contributed by atoms with E-state index in [1.54, 1.807) is 6.33 Å². The van der Waals surface area contributed by atoms with Crippen molar-refractivity contribution in [3.8, 4) is 0 Å². The highest BCUT2D eigenvalue weighted by molar-refractivity contribution is 5.59. The predicted octanol–water partition coefficient (Wildman–Crippen LogP) is 3.53. The van der Waals surface area contributed by atoms with Crippen LogP contribution in [0.15, 0.2) is 60.9 Å². The van der Waals surface area contributed by atoms with Crippen molar-refractivity contribution in [2.75, 3.05) is 29.9 Å². The third-order valence-corrected chi connectivity index (χ3v) is 6.48. The molecule has 0 spiro atoms. The van der Waals surface area contributed by atoms with Gasteiger partial charge in [-0.25, -0.2) is 9.97 Å². The minimum absolute atomic E-state index is 0.191. The van der Waals surface area contributed by atoms with Crippen LogP contribution in [0.2, 0.25) is 0 Å². The zero-order valence-corrected chi connectivity index (χ0v) is 17.9. The van der Waals surface area contributed by atoms with E-state index >= 15 is 0 Å². The molecular weight excluding hydrogens is 386 g/mol. The number of nitrogens with zero attached hydrogens (tertiary/aromatic N) is 4. The van der Waals surface area contributed by atoms with Crippen LogP contribution in [0.5, 0.6) is 0 Å². The summed E-state index contributed by atoms with van der Waals surface area (Å²) in [6.07, 6.45) is 3.17. The average Bonchev–Trinajstić information content (AvgIpc) is 2.80. The summed E-state index contributed by atoms with van der Waals surface area (Å²) in [6.45, 7) is 5.47. The molecule has 5 rings (SSSR count). The Kier molecular flexibility index (Phi) is 5.57. The molecule has 2 atom stereocenters. The van der Waals surface area contributed by atoms with Crippen LogP contribution in [0.3, 0.4) is 0 Å². The van der Waals surface area contributed by atoms with Gasteiger partial charge in [-0.05, 0) is 43.0 Å². The summed E-state index contributed by atoms with van der Waals surface area (Å²) in [7, 11) is 0. The van der Waals surface area contributed by atoms with E-state index in [4.69, 9.17) is 0 Å². The summed E-state index contributed by atoms with van der Waals surface area (Å²) >= 11 is 0. The van der Waals surface area contributed by atoms with Crippen molar-refractivity contribution in [3.05, 3.63) is 77.6 Å². The van der Waals surface area contributed by atoms with Gasteiger partial charge in [0.1, 0.15) is 18.0 Å². The summed E-state index contributed by atoms with van der Waals surface area (Å²) in [5.41, 5.74) is 5.06. The highest BCUT2D eigenvalue weighted by atomic mass is 16.3. The molecule has 0 saturated carbocycles. The maximum absolute atomic E-state index is 11.0. The first-order chi connectivity index (χ1) is 15.2. The molecule has 3 heterocycles. The maximum Gasteiger partial charge on any atom is 0.135 e. The van der Waals surface area contributed by atoms with E-state index in [1.807, 2.05) is 18.2 Å². The highest BCUT2D eigenvalue weighted by Crippen LogP contribution is 2.27. The number of piperidine rings is 1. The minimum Gasteiger partial charge on any atom is -0.390 e. The summed E-state index contributed by atoms with van der Waals surface area (Å²) in [4.78, 5) is 13.5. The van der Waals surface area contributed by atoms with E-state index in [0.717, 1.165) is 49.8 Å². The van der Waals surface area contributed by atoms with Crippen LogP contribution in [0.25, 0.3) is 0 Å². The van der Waals surface area contributed by atoms with E-state index < -0.39 is 6.10 Å². The fourth-order valence-corrected chi connectivity index (χ4v) is 4.73. The monoisotopic (exact) mass is 415 g/mol. The van der Waals surface area contributed by atoms with Crippen molar-refractivity contribution >= 4 is 17.3 Å². The molecule has 3 aromatic rings. The first-order valence-electron chi connectivity index (χ1n) is 11.1. The molecule has 1 fully saturated rings. The Morgan fingerprint density at radius 3 is 2.61 bits per heavy atom. The second-order valence-corrected chi connectivity index (χ2v) is 8.61. The zero-order valence-electron chi connectivity index (χ0n) is 17.9. The van der Waals surface area contributed by atoms with Gasteiger partial charge in [0, 0.05) is 44.0 Å². The number of benzene rings is 2. The molecule has 0 bridgehead atoms. The van der Waals surface area contributed by atoms with Gasteiger partial charge < -0.3 is 15.3 Å². The molecule has 2 N–H and O–H groups in total. The highest BCUT2D eigenvalue weighted by Gasteiger charge is 2.34. The fraction of sp³-hybridized carbons (Fsp3) is 0.360. The molecule has 2 aromatic carbocycles. The van der Waals surface area contributed by atoms with Crippen LogP contribution in [-0.2, 0) is 13.0 Å². The van der Waals surface area contributed by atoms with E-state index in [2.05, 4.69) is 68.4 Å². The van der Waals surface area contributed by atoms with Gasteiger partial charge in [0.15, 0.2) is 0 Å². The van der Waals surface area contributed by atoms with Crippen molar-refractivity contribution in [2.24, 2.45) is 0 Å². The number of aromatic nitrogens is 2. The molecule has 1 aromatic heterocycles. The third-order valence-electron chi connectivity index (χ3n) is 6.48. The maximum atomic E-state index is 11.0. The van der Waals surface area contributed by atoms with E-state index in [-0.39, 0.29) is 6.04 Å². The average molecular weight is 416 g/mol. The van der Waals surface area contributed by atoms with Crippen molar-refractivity contribution in [1.82, 2.24) is 14.9 Å². The number of rotatable bonds is 4. The van der Waals surface area contributed by atoms with Crippen molar-refractivity contribution < 1.29 is 5.11 Å². The van der Waals surface area contributed by atoms with E-state index in [1.165, 1.54) is 16.7 Å². The largest absolute Gasteiger partial charge is 0.390 e. The molecule has 0 unspecified atom stereocenters. The summed E-state index contributed by atoms with van der Waals surface area (Å²) in [6, 6.07) is 19.1. The standard InChI is InChI=1S/C25H29N5O/c1-18-6-8-21(9-7-18)28-24-14-25(27-17-26-24)30-13-11-22(23(31)16-30)29-12-10-19-4-2-3-5-20(19)15-29/h2-9,14,17,22-23,31H,10-13,15-16H2,1H3,(H,26,27,28)/t22-,23-/m0/s1. The van der Waals surface area contributed by atoms with Gasteiger partial charge in [0.05, 0.1) is 6.10 Å². The molecular formula is C25H29N5O. The Hall–Kier alpha value is -2.96. The van der Waals surface area contributed by atoms with Gasteiger partial charge >= 0.3 is 0 Å². The number of fused-ring (bicyclic) bond motifs is 1. The Morgan fingerprint density at radius 1 is 1.00 bits per heavy atom. The molecule has 2 aliphatic heterocycles. The topological polar surface area (TPSA) is 64.5 Å². The number of β-amino-alcohol motifs (C(OH)–C–C–N with tert-alkyl or cyclic N) is 1. The molecule has 0 amide bonds. The molecule has 1 saturated heterocycles. The number of hydrogen-bond donors (Lipinski definition) is 2. The smallest absolute Gasteiger partial charge is 0.135 e. The van der Waals surface area contributed by atoms with Gasteiger partial charge in [-0.3, -0.25) is 4.90 Å². The summed E-state index contributed by atoms with van der Waals surface area (Å²) < 4.78 is 0. The lowest BCUT2D eigenvalue weighted by atomic mass is 9.94. The third kappa shape index (κ3) is 4.40. The Balaban J connectivity index is 1.24. The summed E-state index contributed by atoms with van der Waals surface area (Å²) in [5, 5.41) is 14.3. The number of nitrogens with one attached hydrogen (secondary N) is 1. The molecule has 0 aliphatic carbocycles. The first kappa shape index (κ1) is 20.0. The van der Waals surface area contributed by atoms with Crippen LogP contribution in [-0.4, -0.2) is 51.8 Å². The van der Waals surface area contributed by atoms with Crippen molar-refractivity contribution in [3.63, 3.8) is 0 Å². The molecule has 160 valence electrons. The van der Waals surface area contributed by atoms with Crippen LogP contribution in [0, 0.1) is 6.92 Å². The van der Waals surface area contributed by atoms with Gasteiger partial charge in [-0.15, -0.1) is 0 Å². The molecule has 6 nitrogen and oxygen atoms in total. The second-order valence-electron chi connectivity index (χ2n) is 8.61. The minimum atomic E-state index is -0.400. The normalized spacial score (nSPS) is 21.5. The Morgan fingerprint density at radius 2 is 1.81 bits per heavy atom. The SMILES string of the molecule is Cc1ccc(Nc2cc(N3CC[C@H](N4CCc5ccccc5C4)[C@@H](O)C3)ncn2)cc1. The second kappa shape index (κ2) is 8.65.